The number of hydrogen-bond acceptors (Lipinski definition) is 0. The second kappa shape index (κ2) is 16.6. The van der Waals surface area contributed by atoms with Gasteiger partial charge in [0.1, 0.15) is 11.6 Å². The average molecular weight is 645 g/mol. The molecule has 46 heavy (non-hydrogen) atoms. The van der Waals surface area contributed by atoms with E-state index in [1.54, 1.807) is 6.07 Å². The zero-order valence-corrected chi connectivity index (χ0v) is 27.3. The topological polar surface area (TPSA) is 0 Å². The van der Waals surface area contributed by atoms with E-state index in [1.807, 2.05) is 6.92 Å². The lowest BCUT2D eigenvalue weighted by molar-refractivity contribution is 0.244. The standard InChI is InChI=1S/C40H50F6/c1-2-3-4-35(41)39(45)32-21-22-34(36(42)23-32)31-19-15-29(16-20-31)12-10-27-7-5-26(6-8-27)9-11-28-13-17-30(18-14-28)33-24-37(43)40(46)38(44)25-33/h9,11,21-31H,2-8,10,12-20H2,1H3. The fourth-order valence-electron chi connectivity index (χ4n) is 8.27. The molecule has 0 unspecified atom stereocenters. The van der Waals surface area contributed by atoms with Crippen molar-refractivity contribution in [3.63, 3.8) is 0 Å². The van der Waals surface area contributed by atoms with E-state index >= 15 is 0 Å². The zero-order chi connectivity index (χ0) is 32.6. The van der Waals surface area contributed by atoms with Crippen LogP contribution in [-0.4, -0.2) is 0 Å². The third-order valence-corrected chi connectivity index (χ3v) is 11.3. The average Bonchev–Trinajstić information content (AvgIpc) is 3.08. The molecular weight excluding hydrogens is 594 g/mol. The van der Waals surface area contributed by atoms with Crippen molar-refractivity contribution in [3.05, 3.63) is 88.3 Å². The van der Waals surface area contributed by atoms with Gasteiger partial charge in [-0.25, -0.2) is 26.3 Å². The van der Waals surface area contributed by atoms with Gasteiger partial charge in [-0.1, -0.05) is 50.5 Å². The lowest BCUT2D eigenvalue weighted by Crippen LogP contribution is -2.18. The van der Waals surface area contributed by atoms with Crippen LogP contribution in [0.3, 0.4) is 0 Å². The van der Waals surface area contributed by atoms with Crippen LogP contribution in [0.15, 0.2) is 48.3 Å². The van der Waals surface area contributed by atoms with Crippen molar-refractivity contribution in [2.75, 3.05) is 0 Å². The van der Waals surface area contributed by atoms with Gasteiger partial charge in [0.15, 0.2) is 23.3 Å². The lowest BCUT2D eigenvalue weighted by Gasteiger charge is -2.32. The van der Waals surface area contributed by atoms with Crippen LogP contribution in [0.5, 0.6) is 0 Å². The smallest absolute Gasteiger partial charge is 0.194 e. The van der Waals surface area contributed by atoms with Crippen LogP contribution in [-0.2, 0) is 0 Å². The summed E-state index contributed by atoms with van der Waals surface area (Å²) in [5.41, 5.74) is 1.21. The molecule has 0 saturated heterocycles. The van der Waals surface area contributed by atoms with Gasteiger partial charge >= 0.3 is 0 Å². The van der Waals surface area contributed by atoms with Gasteiger partial charge < -0.3 is 0 Å². The van der Waals surface area contributed by atoms with Gasteiger partial charge in [-0.2, -0.15) is 0 Å². The SMILES string of the molecule is CCCCC(F)=C(F)c1ccc(C2CCC(CCC3CCC(C=CC4CCC(c5cc(F)c(F)c(F)c5)CC4)CC3)CC2)c(F)c1. The summed E-state index contributed by atoms with van der Waals surface area (Å²) in [6, 6.07) is 6.68. The van der Waals surface area contributed by atoms with Gasteiger partial charge in [0.05, 0.1) is 0 Å². The minimum Gasteiger partial charge on any atom is -0.209 e. The molecule has 0 aliphatic heterocycles. The first-order valence-corrected chi connectivity index (χ1v) is 17.9. The Kier molecular flexibility index (Phi) is 12.5. The molecule has 0 N–H and O–H groups in total. The van der Waals surface area contributed by atoms with Crippen LogP contribution in [0.2, 0.25) is 0 Å². The van der Waals surface area contributed by atoms with Gasteiger partial charge in [-0.3, -0.25) is 0 Å². The molecule has 3 aliphatic carbocycles. The van der Waals surface area contributed by atoms with E-state index in [1.165, 1.54) is 50.7 Å². The van der Waals surface area contributed by atoms with Gasteiger partial charge in [0, 0.05) is 12.0 Å². The molecule has 3 fully saturated rings. The summed E-state index contributed by atoms with van der Waals surface area (Å²) in [6.07, 6.45) is 21.5. The first-order chi connectivity index (χ1) is 22.2. The Morgan fingerprint density at radius 2 is 1.17 bits per heavy atom. The zero-order valence-electron chi connectivity index (χ0n) is 27.3. The molecule has 0 radical (unpaired) electrons. The maximum atomic E-state index is 15.0. The maximum absolute atomic E-state index is 15.0. The van der Waals surface area contributed by atoms with E-state index in [0.717, 1.165) is 75.8 Å². The molecule has 0 heterocycles. The van der Waals surface area contributed by atoms with Crippen molar-refractivity contribution in [1.29, 1.82) is 0 Å². The Morgan fingerprint density at radius 1 is 0.652 bits per heavy atom. The van der Waals surface area contributed by atoms with E-state index < -0.39 is 34.9 Å². The highest BCUT2D eigenvalue weighted by Crippen LogP contribution is 2.42. The Bertz CT molecular complexity index is 1310. The predicted molar refractivity (Wildman–Crippen MR) is 175 cm³/mol. The molecule has 3 aliphatic rings. The van der Waals surface area contributed by atoms with E-state index in [2.05, 4.69) is 12.2 Å². The largest absolute Gasteiger partial charge is 0.209 e. The van der Waals surface area contributed by atoms with Gasteiger partial charge in [-0.15, -0.1) is 0 Å². The van der Waals surface area contributed by atoms with Crippen molar-refractivity contribution < 1.29 is 26.3 Å². The molecule has 0 aromatic heterocycles. The van der Waals surface area contributed by atoms with Gasteiger partial charge in [0.25, 0.3) is 0 Å². The number of unbranched alkanes of at least 4 members (excludes halogenated alkanes) is 1. The summed E-state index contributed by atoms with van der Waals surface area (Å²) >= 11 is 0. The first-order valence-electron chi connectivity index (χ1n) is 17.9. The molecule has 0 spiro atoms. The van der Waals surface area contributed by atoms with E-state index in [4.69, 9.17) is 0 Å². The minimum absolute atomic E-state index is 0.00277. The molecule has 0 amide bonds. The van der Waals surface area contributed by atoms with Crippen LogP contribution < -0.4 is 0 Å². The Hall–Kier alpha value is -2.50. The molecule has 0 bridgehead atoms. The molecule has 2 aromatic rings. The molecule has 0 nitrogen and oxygen atoms in total. The quantitative estimate of drug-likeness (QED) is 0.130. The van der Waals surface area contributed by atoms with Gasteiger partial charge in [-0.05, 0) is 148 Å². The first kappa shape index (κ1) is 34.8. The second-order valence-corrected chi connectivity index (χ2v) is 14.4. The Morgan fingerprint density at radius 3 is 1.72 bits per heavy atom. The van der Waals surface area contributed by atoms with E-state index in [-0.39, 0.29) is 23.8 Å². The summed E-state index contributed by atoms with van der Waals surface area (Å²) in [7, 11) is 0. The molecular formula is C40H50F6. The summed E-state index contributed by atoms with van der Waals surface area (Å²) < 4.78 is 84.1. The fraction of sp³-hybridized carbons (Fsp3) is 0.600. The summed E-state index contributed by atoms with van der Waals surface area (Å²) in [6.45, 7) is 1.92. The van der Waals surface area contributed by atoms with E-state index in [9.17, 15) is 26.3 Å². The highest BCUT2D eigenvalue weighted by molar-refractivity contribution is 5.61. The highest BCUT2D eigenvalue weighted by atomic mass is 19.2. The molecule has 6 heteroatoms. The number of rotatable bonds is 11. The Labute approximate surface area is 271 Å². The van der Waals surface area contributed by atoms with Crippen molar-refractivity contribution >= 4 is 5.83 Å². The van der Waals surface area contributed by atoms with Crippen LogP contribution >= 0.6 is 0 Å². The normalized spacial score (nSPS) is 28.0. The summed E-state index contributed by atoms with van der Waals surface area (Å²) in [5, 5.41) is 0. The van der Waals surface area contributed by atoms with Crippen LogP contribution in [0.1, 0.15) is 145 Å². The molecule has 2 aromatic carbocycles. The van der Waals surface area contributed by atoms with E-state index in [0.29, 0.717) is 35.3 Å². The maximum Gasteiger partial charge on any atom is 0.194 e. The highest BCUT2D eigenvalue weighted by Gasteiger charge is 2.28. The summed E-state index contributed by atoms with van der Waals surface area (Å²) in [5.74, 6) is -2.91. The van der Waals surface area contributed by atoms with Crippen LogP contribution in [0, 0.1) is 46.9 Å². The van der Waals surface area contributed by atoms with Crippen molar-refractivity contribution in [1.82, 2.24) is 0 Å². The number of hydrogen-bond donors (Lipinski definition) is 0. The van der Waals surface area contributed by atoms with Crippen LogP contribution in [0.25, 0.3) is 5.83 Å². The lowest BCUT2D eigenvalue weighted by atomic mass is 9.74. The number of halogens is 6. The third kappa shape index (κ3) is 9.10. The molecule has 252 valence electrons. The van der Waals surface area contributed by atoms with Gasteiger partial charge in [0.2, 0.25) is 0 Å². The molecule has 3 saturated carbocycles. The monoisotopic (exact) mass is 644 g/mol. The molecule has 0 atom stereocenters. The predicted octanol–water partition coefficient (Wildman–Crippen LogP) is 13.4. The minimum atomic E-state index is -1.39. The van der Waals surface area contributed by atoms with Crippen molar-refractivity contribution in [2.24, 2.45) is 23.7 Å². The van der Waals surface area contributed by atoms with Crippen molar-refractivity contribution in [3.8, 4) is 0 Å². The third-order valence-electron chi connectivity index (χ3n) is 11.3. The summed E-state index contributed by atoms with van der Waals surface area (Å²) in [4.78, 5) is 0. The molecule has 5 rings (SSSR count). The number of allylic oxidation sites excluding steroid dienone is 3. The van der Waals surface area contributed by atoms with Crippen LogP contribution in [0.4, 0.5) is 26.3 Å². The van der Waals surface area contributed by atoms with Crippen molar-refractivity contribution in [2.45, 2.75) is 128 Å². The number of benzene rings is 2. The Balaban J connectivity index is 0.987. The second-order valence-electron chi connectivity index (χ2n) is 14.4. The fourth-order valence-corrected chi connectivity index (χ4v) is 8.27.